The van der Waals surface area contributed by atoms with Crippen LogP contribution in [-0.2, 0) is 16.8 Å². The van der Waals surface area contributed by atoms with Crippen molar-refractivity contribution >= 4 is 10.2 Å². The van der Waals surface area contributed by atoms with Crippen molar-refractivity contribution in [1.82, 2.24) is 18.5 Å². The lowest BCUT2D eigenvalue weighted by Crippen LogP contribution is -2.51. The Morgan fingerprint density at radius 3 is 2.47 bits per heavy atom. The summed E-state index contributed by atoms with van der Waals surface area (Å²) in [6, 6.07) is 3.96. The van der Waals surface area contributed by atoms with Gasteiger partial charge in [-0.25, -0.2) is 0 Å². The number of pyridine rings is 1. The summed E-state index contributed by atoms with van der Waals surface area (Å²) in [5, 5.41) is 0. The normalized spacial score (nSPS) is 18.9. The van der Waals surface area contributed by atoms with E-state index in [1.165, 1.54) is 8.61 Å². The van der Waals surface area contributed by atoms with Gasteiger partial charge < -0.3 is 0 Å². The van der Waals surface area contributed by atoms with E-state index >= 15 is 0 Å². The van der Waals surface area contributed by atoms with Gasteiger partial charge in [-0.3, -0.25) is 9.88 Å². The Bertz CT molecular complexity index is 496. The molecule has 0 N–H and O–H groups in total. The van der Waals surface area contributed by atoms with Crippen LogP contribution in [0.3, 0.4) is 0 Å². The molecule has 19 heavy (non-hydrogen) atoms. The van der Waals surface area contributed by atoms with Crippen molar-refractivity contribution in [1.29, 1.82) is 0 Å². The predicted octanol–water partition coefficient (Wildman–Crippen LogP) is 0.00560. The molecule has 0 atom stereocenters. The molecule has 1 fully saturated rings. The van der Waals surface area contributed by atoms with Gasteiger partial charge in [0.15, 0.2) is 0 Å². The molecule has 106 valence electrons. The van der Waals surface area contributed by atoms with Gasteiger partial charge in [-0.2, -0.15) is 17.0 Å². The van der Waals surface area contributed by atoms with Gasteiger partial charge in [-0.15, -0.1) is 0 Å². The van der Waals surface area contributed by atoms with Crippen LogP contribution in [0.2, 0.25) is 0 Å². The second kappa shape index (κ2) is 5.96. The maximum Gasteiger partial charge on any atom is 0.281 e. The monoisotopic (exact) mass is 284 g/mol. The third-order valence-electron chi connectivity index (χ3n) is 3.25. The lowest BCUT2D eigenvalue weighted by Gasteiger charge is -2.35. The van der Waals surface area contributed by atoms with Gasteiger partial charge in [0.1, 0.15) is 0 Å². The van der Waals surface area contributed by atoms with Gasteiger partial charge in [0.2, 0.25) is 0 Å². The minimum absolute atomic E-state index is 0.542. The fourth-order valence-corrected chi connectivity index (χ4v) is 3.19. The molecule has 0 unspecified atom stereocenters. The fraction of sp³-hybridized carbons (Fsp3) is 0.583. The van der Waals surface area contributed by atoms with E-state index in [0.717, 1.165) is 25.2 Å². The van der Waals surface area contributed by atoms with E-state index in [9.17, 15) is 8.42 Å². The predicted molar refractivity (Wildman–Crippen MR) is 73.7 cm³/mol. The van der Waals surface area contributed by atoms with E-state index < -0.39 is 10.2 Å². The van der Waals surface area contributed by atoms with Gasteiger partial charge in [0, 0.05) is 59.2 Å². The number of aromatic nitrogens is 1. The van der Waals surface area contributed by atoms with Crippen LogP contribution < -0.4 is 0 Å². The summed E-state index contributed by atoms with van der Waals surface area (Å²) in [7, 11) is -0.135. The minimum atomic E-state index is -3.27. The summed E-state index contributed by atoms with van der Waals surface area (Å²) in [6.45, 7) is 3.41. The molecule has 0 spiro atoms. The molecule has 0 aromatic carbocycles. The Hall–Kier alpha value is -1.02. The highest BCUT2D eigenvalue weighted by molar-refractivity contribution is 7.86. The summed E-state index contributed by atoms with van der Waals surface area (Å²) in [5.41, 5.74) is 1.16. The van der Waals surface area contributed by atoms with Crippen molar-refractivity contribution in [3.63, 3.8) is 0 Å². The molecule has 0 saturated carbocycles. The van der Waals surface area contributed by atoms with Crippen LogP contribution in [0, 0.1) is 0 Å². The number of nitrogens with zero attached hydrogens (tertiary/aromatic N) is 4. The first kappa shape index (κ1) is 14.4. The zero-order valence-corrected chi connectivity index (χ0v) is 12.2. The molecular weight excluding hydrogens is 264 g/mol. The van der Waals surface area contributed by atoms with Crippen LogP contribution in [0.4, 0.5) is 0 Å². The molecule has 0 aliphatic carbocycles. The summed E-state index contributed by atoms with van der Waals surface area (Å²) in [5.74, 6) is 0. The first-order valence-corrected chi connectivity index (χ1v) is 7.68. The number of hydrogen-bond donors (Lipinski definition) is 0. The highest BCUT2D eigenvalue weighted by Crippen LogP contribution is 2.11. The molecule has 1 aromatic heterocycles. The molecule has 0 radical (unpaired) electrons. The van der Waals surface area contributed by atoms with E-state index in [0.29, 0.717) is 13.1 Å². The lowest BCUT2D eigenvalue weighted by molar-refractivity contribution is 0.177. The molecule has 1 aliphatic rings. The lowest BCUT2D eigenvalue weighted by atomic mass is 10.2. The molecule has 1 aromatic rings. The Morgan fingerprint density at radius 2 is 1.95 bits per heavy atom. The number of rotatable bonds is 4. The van der Waals surface area contributed by atoms with Gasteiger partial charge in [-0.1, -0.05) is 6.07 Å². The topological polar surface area (TPSA) is 56.8 Å². The van der Waals surface area contributed by atoms with Crippen LogP contribution in [-0.4, -0.2) is 67.2 Å². The molecular formula is C12H20N4O2S. The molecule has 2 rings (SSSR count). The summed E-state index contributed by atoms with van der Waals surface area (Å²) in [4.78, 5) is 6.34. The smallest absolute Gasteiger partial charge is 0.281 e. The third kappa shape index (κ3) is 3.50. The minimum Gasteiger partial charge on any atom is -0.296 e. The molecule has 6 nitrogen and oxygen atoms in total. The first-order chi connectivity index (χ1) is 9.00. The average molecular weight is 284 g/mol. The standard InChI is InChI=1S/C12H20N4O2S/c1-14(2)19(17,18)16-8-6-15(7-9-16)11-12-4-3-5-13-10-12/h3-5,10H,6-9,11H2,1-2H3. The van der Waals surface area contributed by atoms with Gasteiger partial charge >= 0.3 is 0 Å². The van der Waals surface area contributed by atoms with E-state index in [2.05, 4.69) is 9.88 Å². The Labute approximate surface area is 114 Å². The van der Waals surface area contributed by atoms with Crippen LogP contribution >= 0.6 is 0 Å². The summed E-state index contributed by atoms with van der Waals surface area (Å²) < 4.78 is 26.7. The number of hydrogen-bond acceptors (Lipinski definition) is 4. The molecule has 1 saturated heterocycles. The Balaban J connectivity index is 1.90. The third-order valence-corrected chi connectivity index (χ3v) is 5.19. The van der Waals surface area contributed by atoms with Crippen LogP contribution in [0.5, 0.6) is 0 Å². The second-order valence-corrected chi connectivity index (χ2v) is 6.97. The molecule has 1 aliphatic heterocycles. The Kier molecular flexibility index (Phi) is 4.51. The molecule has 2 heterocycles. The average Bonchev–Trinajstić information content (AvgIpc) is 2.40. The summed E-state index contributed by atoms with van der Waals surface area (Å²) in [6.07, 6.45) is 3.61. The second-order valence-electron chi connectivity index (χ2n) is 4.83. The van der Waals surface area contributed by atoms with E-state index in [4.69, 9.17) is 0 Å². The van der Waals surface area contributed by atoms with Crippen molar-refractivity contribution < 1.29 is 8.42 Å². The highest BCUT2D eigenvalue weighted by atomic mass is 32.2. The maximum absolute atomic E-state index is 12.0. The van der Waals surface area contributed by atoms with Crippen LogP contribution in [0.1, 0.15) is 5.56 Å². The molecule has 7 heteroatoms. The zero-order chi connectivity index (χ0) is 13.9. The van der Waals surface area contributed by atoms with Crippen molar-refractivity contribution in [2.24, 2.45) is 0 Å². The largest absolute Gasteiger partial charge is 0.296 e. The van der Waals surface area contributed by atoms with Crippen molar-refractivity contribution in [2.75, 3.05) is 40.3 Å². The van der Waals surface area contributed by atoms with Gasteiger partial charge in [-0.05, 0) is 11.6 Å². The van der Waals surface area contributed by atoms with E-state index in [1.807, 2.05) is 18.3 Å². The zero-order valence-electron chi connectivity index (χ0n) is 11.4. The maximum atomic E-state index is 12.0. The van der Waals surface area contributed by atoms with Gasteiger partial charge in [0.25, 0.3) is 10.2 Å². The number of piperazine rings is 1. The SMILES string of the molecule is CN(C)S(=O)(=O)N1CCN(Cc2cccnc2)CC1. The summed E-state index contributed by atoms with van der Waals surface area (Å²) >= 11 is 0. The Morgan fingerprint density at radius 1 is 1.26 bits per heavy atom. The van der Waals surface area contributed by atoms with E-state index in [-0.39, 0.29) is 0 Å². The molecule has 0 bridgehead atoms. The fourth-order valence-electron chi connectivity index (χ4n) is 2.10. The van der Waals surface area contributed by atoms with Crippen molar-refractivity contribution in [3.05, 3.63) is 30.1 Å². The van der Waals surface area contributed by atoms with Crippen molar-refractivity contribution in [3.8, 4) is 0 Å². The quantitative estimate of drug-likeness (QED) is 0.781. The highest BCUT2D eigenvalue weighted by Gasteiger charge is 2.28. The first-order valence-electron chi connectivity index (χ1n) is 6.29. The van der Waals surface area contributed by atoms with E-state index in [1.54, 1.807) is 20.3 Å². The molecule has 0 amide bonds. The van der Waals surface area contributed by atoms with Crippen LogP contribution in [0.15, 0.2) is 24.5 Å². The van der Waals surface area contributed by atoms with Gasteiger partial charge in [0.05, 0.1) is 0 Å². The van der Waals surface area contributed by atoms with Crippen molar-refractivity contribution in [2.45, 2.75) is 6.54 Å². The van der Waals surface area contributed by atoms with Crippen LogP contribution in [0.25, 0.3) is 0 Å².